The molecule has 3 rings (SSSR count). The van der Waals surface area contributed by atoms with Crippen LogP contribution in [0.1, 0.15) is 36.1 Å². The fourth-order valence-corrected chi connectivity index (χ4v) is 3.93. The highest BCUT2D eigenvalue weighted by molar-refractivity contribution is 6.46. The van der Waals surface area contributed by atoms with E-state index in [1.54, 1.807) is 43.5 Å². The molecule has 0 bridgehead atoms. The minimum Gasteiger partial charge on any atom is -0.507 e. The first-order chi connectivity index (χ1) is 16.4. The fraction of sp³-hybridized carbons (Fsp3) is 0.333. The van der Waals surface area contributed by atoms with Gasteiger partial charge in [-0.25, -0.2) is 0 Å². The van der Waals surface area contributed by atoms with E-state index in [4.69, 9.17) is 14.2 Å². The van der Waals surface area contributed by atoms with Crippen molar-refractivity contribution in [2.75, 3.05) is 33.5 Å². The van der Waals surface area contributed by atoms with E-state index in [0.29, 0.717) is 55.4 Å². The lowest BCUT2D eigenvalue weighted by atomic mass is 9.94. The Kier molecular flexibility index (Phi) is 8.49. The number of methoxy groups -OCH3 is 1. The summed E-state index contributed by atoms with van der Waals surface area (Å²) in [5.41, 5.74) is 2.18. The van der Waals surface area contributed by atoms with Crippen molar-refractivity contribution in [3.05, 3.63) is 77.4 Å². The van der Waals surface area contributed by atoms with E-state index in [2.05, 4.69) is 6.58 Å². The maximum Gasteiger partial charge on any atom is 0.295 e. The highest BCUT2D eigenvalue weighted by atomic mass is 16.5. The Morgan fingerprint density at radius 1 is 1.12 bits per heavy atom. The third kappa shape index (κ3) is 5.31. The largest absolute Gasteiger partial charge is 0.507 e. The van der Waals surface area contributed by atoms with E-state index in [0.717, 1.165) is 5.56 Å². The molecule has 1 N–H and O–H groups in total. The number of carbonyl (C=O) groups is 2. The third-order valence-corrected chi connectivity index (χ3v) is 5.55. The van der Waals surface area contributed by atoms with E-state index in [1.807, 2.05) is 26.0 Å². The molecule has 0 spiro atoms. The van der Waals surface area contributed by atoms with Gasteiger partial charge < -0.3 is 24.2 Å². The molecule has 180 valence electrons. The van der Waals surface area contributed by atoms with Gasteiger partial charge in [-0.3, -0.25) is 9.59 Å². The van der Waals surface area contributed by atoms with Crippen LogP contribution in [0.5, 0.6) is 11.5 Å². The molecule has 1 aliphatic rings. The average molecular weight is 466 g/mol. The Morgan fingerprint density at radius 3 is 2.50 bits per heavy atom. The van der Waals surface area contributed by atoms with Crippen molar-refractivity contribution in [2.24, 2.45) is 0 Å². The van der Waals surface area contributed by atoms with Crippen LogP contribution in [0, 0.1) is 6.92 Å². The SMILES string of the molecule is C=CCOc1ccc(C2C(=C(O)c3ccc(C)cc3)C(=O)C(=O)N2CCCOC)cc1OCC. The smallest absolute Gasteiger partial charge is 0.295 e. The van der Waals surface area contributed by atoms with Crippen molar-refractivity contribution in [3.63, 3.8) is 0 Å². The van der Waals surface area contributed by atoms with Crippen LogP contribution in [0.3, 0.4) is 0 Å². The van der Waals surface area contributed by atoms with E-state index < -0.39 is 17.7 Å². The number of aryl methyl sites for hydroxylation is 1. The lowest BCUT2D eigenvalue weighted by Crippen LogP contribution is -2.31. The fourth-order valence-electron chi connectivity index (χ4n) is 3.93. The van der Waals surface area contributed by atoms with Crippen molar-refractivity contribution in [1.82, 2.24) is 4.90 Å². The Morgan fingerprint density at radius 2 is 1.85 bits per heavy atom. The quantitative estimate of drug-likeness (QED) is 0.174. The molecule has 1 amide bonds. The van der Waals surface area contributed by atoms with Crippen LogP contribution in [-0.4, -0.2) is 55.2 Å². The first-order valence-corrected chi connectivity index (χ1v) is 11.3. The normalized spacial score (nSPS) is 17.1. The second-order valence-electron chi connectivity index (χ2n) is 7.94. The molecule has 1 saturated heterocycles. The van der Waals surface area contributed by atoms with Gasteiger partial charge >= 0.3 is 0 Å². The van der Waals surface area contributed by atoms with E-state index >= 15 is 0 Å². The number of benzene rings is 2. The molecular weight excluding hydrogens is 434 g/mol. The highest BCUT2D eigenvalue weighted by Gasteiger charge is 2.46. The maximum atomic E-state index is 13.1. The zero-order valence-electron chi connectivity index (χ0n) is 19.9. The zero-order valence-corrected chi connectivity index (χ0v) is 19.9. The van der Waals surface area contributed by atoms with Crippen LogP contribution in [0.4, 0.5) is 0 Å². The molecule has 1 atom stereocenters. The van der Waals surface area contributed by atoms with Gasteiger partial charge in [0, 0.05) is 25.8 Å². The van der Waals surface area contributed by atoms with Crippen LogP contribution in [0.2, 0.25) is 0 Å². The lowest BCUT2D eigenvalue weighted by molar-refractivity contribution is -0.140. The first kappa shape index (κ1) is 25.1. The number of carbonyl (C=O) groups excluding carboxylic acids is 2. The standard InChI is InChI=1S/C27H31NO6/c1-5-15-34-21-13-12-20(17-22(21)33-6-2)24-23(25(29)19-10-8-18(3)9-11-19)26(30)27(31)28(24)14-7-16-32-4/h5,8-13,17,24,29H,1,6-7,14-16H2,2-4H3. The van der Waals surface area contributed by atoms with Gasteiger partial charge in [0.05, 0.1) is 18.2 Å². The Bertz CT molecular complexity index is 1070. The molecule has 0 saturated carbocycles. The van der Waals surface area contributed by atoms with E-state index in [9.17, 15) is 14.7 Å². The molecule has 0 aliphatic carbocycles. The van der Waals surface area contributed by atoms with Gasteiger partial charge in [-0.05, 0) is 38.0 Å². The van der Waals surface area contributed by atoms with Crippen molar-refractivity contribution >= 4 is 17.4 Å². The predicted octanol–water partition coefficient (Wildman–Crippen LogP) is 4.42. The number of aliphatic hydroxyl groups is 1. The number of hydrogen-bond acceptors (Lipinski definition) is 6. The number of amides is 1. The minimum absolute atomic E-state index is 0.0495. The van der Waals surface area contributed by atoms with Crippen LogP contribution in [0.15, 0.2) is 60.7 Å². The molecule has 34 heavy (non-hydrogen) atoms. The zero-order chi connectivity index (χ0) is 24.7. The second kappa shape index (κ2) is 11.5. The summed E-state index contributed by atoms with van der Waals surface area (Å²) in [6, 6.07) is 11.7. The molecule has 2 aromatic carbocycles. The molecule has 7 heteroatoms. The summed E-state index contributed by atoms with van der Waals surface area (Å²) < 4.78 is 16.6. The lowest BCUT2D eigenvalue weighted by Gasteiger charge is -2.26. The Hall–Kier alpha value is -3.58. The van der Waals surface area contributed by atoms with Gasteiger partial charge in [0.15, 0.2) is 11.5 Å². The van der Waals surface area contributed by atoms with Crippen molar-refractivity contribution in [2.45, 2.75) is 26.3 Å². The molecule has 1 unspecified atom stereocenters. The van der Waals surface area contributed by atoms with Gasteiger partial charge in [-0.15, -0.1) is 0 Å². The van der Waals surface area contributed by atoms with E-state index in [1.165, 1.54) is 4.90 Å². The number of aliphatic hydroxyl groups excluding tert-OH is 1. The number of likely N-dealkylation sites (tertiary alicyclic amines) is 1. The summed E-state index contributed by atoms with van der Waals surface area (Å²) in [6.07, 6.45) is 2.18. The van der Waals surface area contributed by atoms with Gasteiger partial charge in [0.2, 0.25) is 0 Å². The Balaban J connectivity index is 2.13. The third-order valence-electron chi connectivity index (χ3n) is 5.55. The first-order valence-electron chi connectivity index (χ1n) is 11.3. The molecule has 0 radical (unpaired) electrons. The molecule has 1 fully saturated rings. The number of hydrogen-bond donors (Lipinski definition) is 1. The summed E-state index contributed by atoms with van der Waals surface area (Å²) in [7, 11) is 1.58. The van der Waals surface area contributed by atoms with Crippen LogP contribution in [-0.2, 0) is 14.3 Å². The summed E-state index contributed by atoms with van der Waals surface area (Å²) in [5, 5.41) is 11.2. The topological polar surface area (TPSA) is 85.3 Å². The summed E-state index contributed by atoms with van der Waals surface area (Å²) in [6.45, 7) is 8.91. The summed E-state index contributed by atoms with van der Waals surface area (Å²) in [4.78, 5) is 27.6. The Labute approximate surface area is 200 Å². The van der Waals surface area contributed by atoms with Gasteiger partial charge in [-0.1, -0.05) is 48.6 Å². The number of ketones is 1. The summed E-state index contributed by atoms with van der Waals surface area (Å²) >= 11 is 0. The predicted molar refractivity (Wildman–Crippen MR) is 130 cm³/mol. The average Bonchev–Trinajstić information content (AvgIpc) is 3.08. The minimum atomic E-state index is -0.772. The van der Waals surface area contributed by atoms with Gasteiger partial charge in [-0.2, -0.15) is 0 Å². The molecule has 2 aromatic rings. The summed E-state index contributed by atoms with van der Waals surface area (Å²) in [5.74, 6) is -0.562. The molecule has 0 aromatic heterocycles. The highest BCUT2D eigenvalue weighted by Crippen LogP contribution is 2.42. The van der Waals surface area contributed by atoms with Gasteiger partial charge in [0.1, 0.15) is 12.4 Å². The van der Waals surface area contributed by atoms with Gasteiger partial charge in [0.25, 0.3) is 11.7 Å². The van der Waals surface area contributed by atoms with Crippen LogP contribution < -0.4 is 9.47 Å². The van der Waals surface area contributed by atoms with Crippen molar-refractivity contribution in [1.29, 1.82) is 0 Å². The maximum absolute atomic E-state index is 13.1. The number of ether oxygens (including phenoxy) is 3. The number of Topliss-reactive ketones (excluding diaryl/α,β-unsaturated/α-hetero) is 1. The second-order valence-corrected chi connectivity index (χ2v) is 7.94. The van der Waals surface area contributed by atoms with Crippen molar-refractivity contribution in [3.8, 4) is 11.5 Å². The van der Waals surface area contributed by atoms with Crippen LogP contribution >= 0.6 is 0 Å². The van der Waals surface area contributed by atoms with Crippen LogP contribution in [0.25, 0.3) is 5.76 Å². The molecule has 7 nitrogen and oxygen atoms in total. The number of nitrogens with zero attached hydrogens (tertiary/aromatic N) is 1. The molecule has 1 heterocycles. The number of rotatable bonds is 11. The monoisotopic (exact) mass is 465 g/mol. The molecule has 1 aliphatic heterocycles. The molecular formula is C27H31NO6. The van der Waals surface area contributed by atoms with E-state index in [-0.39, 0.29) is 11.3 Å². The van der Waals surface area contributed by atoms with Crippen molar-refractivity contribution < 1.29 is 28.9 Å².